The van der Waals surface area contributed by atoms with Crippen molar-refractivity contribution in [1.82, 2.24) is 19.7 Å². The maximum absolute atomic E-state index is 12.1. The Hall–Kier alpha value is -2.32. The number of likely N-dealkylation sites (N-methyl/N-ethyl adjacent to an activating group) is 1. The molecule has 0 spiro atoms. The minimum Gasteiger partial charge on any atom is -0.506 e. The highest BCUT2D eigenvalue weighted by Crippen LogP contribution is 2.35. The van der Waals surface area contributed by atoms with Crippen LogP contribution >= 0.6 is 12.4 Å². The zero-order valence-electron chi connectivity index (χ0n) is 14.1. The molecule has 0 radical (unpaired) electrons. The van der Waals surface area contributed by atoms with Crippen LogP contribution < -0.4 is 5.56 Å². The average molecular weight is 369 g/mol. The Labute approximate surface area is 150 Å². The number of aromatic carboxylic acids is 1. The van der Waals surface area contributed by atoms with Crippen LogP contribution in [0.2, 0.25) is 0 Å². The van der Waals surface area contributed by atoms with Crippen LogP contribution in [0.15, 0.2) is 11.0 Å². The van der Waals surface area contributed by atoms with Gasteiger partial charge in [0.1, 0.15) is 5.75 Å². The number of hydrogen-bond donors (Lipinski definition) is 3. The molecular formula is C16H21ClN4O4. The third kappa shape index (κ3) is 3.40. The Balaban J connectivity index is 0.00000225. The van der Waals surface area contributed by atoms with Gasteiger partial charge >= 0.3 is 5.97 Å². The summed E-state index contributed by atoms with van der Waals surface area (Å²) in [5.41, 5.74) is 1.30. The van der Waals surface area contributed by atoms with E-state index in [1.165, 1.54) is 0 Å². The van der Waals surface area contributed by atoms with Crippen LogP contribution in [0.25, 0.3) is 11.3 Å². The molecule has 25 heavy (non-hydrogen) atoms. The van der Waals surface area contributed by atoms with Crippen LogP contribution in [-0.2, 0) is 19.4 Å². The van der Waals surface area contributed by atoms with Crippen molar-refractivity contribution in [3.05, 3.63) is 33.4 Å². The predicted octanol–water partition coefficient (Wildman–Crippen LogP) is 1.11. The van der Waals surface area contributed by atoms with E-state index in [-0.39, 0.29) is 12.4 Å². The summed E-state index contributed by atoms with van der Waals surface area (Å²) in [6.07, 6.45) is 3.67. The summed E-state index contributed by atoms with van der Waals surface area (Å²) < 4.78 is 1.91. The number of rotatable bonds is 4. The zero-order valence-corrected chi connectivity index (χ0v) is 14.9. The molecule has 0 saturated heterocycles. The maximum Gasteiger partial charge on any atom is 0.345 e. The number of nitrogens with one attached hydrogen (secondary N) is 1. The van der Waals surface area contributed by atoms with Crippen LogP contribution in [0.1, 0.15) is 28.0 Å². The Morgan fingerprint density at radius 2 is 2.12 bits per heavy atom. The van der Waals surface area contributed by atoms with Crippen molar-refractivity contribution in [2.24, 2.45) is 0 Å². The zero-order chi connectivity index (χ0) is 17.4. The lowest BCUT2D eigenvalue weighted by molar-refractivity contribution is 0.0691. The third-order valence-electron chi connectivity index (χ3n) is 4.32. The molecule has 9 heteroatoms. The van der Waals surface area contributed by atoms with Gasteiger partial charge in [0.05, 0.1) is 18.4 Å². The molecule has 3 rings (SSSR count). The Morgan fingerprint density at radius 3 is 2.76 bits per heavy atom. The summed E-state index contributed by atoms with van der Waals surface area (Å²) in [5, 5.41) is 23.8. The van der Waals surface area contributed by atoms with Gasteiger partial charge < -0.3 is 20.1 Å². The number of aromatic nitrogens is 3. The van der Waals surface area contributed by atoms with E-state index in [2.05, 4.69) is 15.0 Å². The van der Waals surface area contributed by atoms with Crippen molar-refractivity contribution in [2.75, 3.05) is 20.6 Å². The minimum atomic E-state index is -1.43. The smallest absolute Gasteiger partial charge is 0.345 e. The molecule has 0 amide bonds. The van der Waals surface area contributed by atoms with Gasteiger partial charge in [0, 0.05) is 23.4 Å². The summed E-state index contributed by atoms with van der Waals surface area (Å²) in [6, 6.07) is 0. The molecule has 2 heterocycles. The number of aromatic amines is 1. The van der Waals surface area contributed by atoms with Crippen LogP contribution in [0.5, 0.6) is 5.75 Å². The summed E-state index contributed by atoms with van der Waals surface area (Å²) in [4.78, 5) is 28.0. The molecule has 2 aromatic heterocycles. The molecule has 136 valence electrons. The van der Waals surface area contributed by atoms with Gasteiger partial charge in [0.15, 0.2) is 5.56 Å². The van der Waals surface area contributed by atoms with Gasteiger partial charge in [0.25, 0.3) is 5.56 Å². The van der Waals surface area contributed by atoms with Crippen molar-refractivity contribution in [1.29, 1.82) is 0 Å². The van der Waals surface area contributed by atoms with E-state index in [0.717, 1.165) is 37.2 Å². The minimum absolute atomic E-state index is 0. The number of aromatic hydroxyl groups is 1. The molecule has 0 unspecified atom stereocenters. The number of hydrogen-bond acceptors (Lipinski definition) is 5. The standard InChI is InChI=1S/C16H20N4O4.ClH/c1-19(2)6-7-20-11-5-3-4-9-13(10(11)8-17-20)18-15(22)12(14(9)21)16(23)24;/h8H,3-7H2,1-2H3,(H,23,24)(H2,18,21,22);1H. The molecule has 3 N–H and O–H groups in total. The molecule has 8 nitrogen and oxygen atoms in total. The topological polar surface area (TPSA) is 111 Å². The van der Waals surface area contributed by atoms with E-state index in [4.69, 9.17) is 5.11 Å². The molecular weight excluding hydrogens is 348 g/mol. The number of pyridine rings is 1. The quantitative estimate of drug-likeness (QED) is 0.745. The number of carbonyl (C=O) groups is 1. The molecule has 0 aromatic carbocycles. The van der Waals surface area contributed by atoms with Crippen molar-refractivity contribution in [2.45, 2.75) is 25.8 Å². The first-order valence-corrected chi connectivity index (χ1v) is 7.81. The van der Waals surface area contributed by atoms with E-state index in [0.29, 0.717) is 17.7 Å². The van der Waals surface area contributed by atoms with Gasteiger partial charge in [-0.2, -0.15) is 5.10 Å². The number of halogens is 1. The molecule has 0 aliphatic heterocycles. The molecule has 0 atom stereocenters. The van der Waals surface area contributed by atoms with Crippen molar-refractivity contribution in [3.8, 4) is 17.0 Å². The van der Waals surface area contributed by atoms with E-state index in [1.54, 1.807) is 6.20 Å². The molecule has 0 saturated carbocycles. The molecule has 0 fully saturated rings. The van der Waals surface area contributed by atoms with Crippen LogP contribution in [0.3, 0.4) is 0 Å². The van der Waals surface area contributed by atoms with Gasteiger partial charge in [0.2, 0.25) is 0 Å². The lowest BCUT2D eigenvalue weighted by Gasteiger charge is -2.12. The van der Waals surface area contributed by atoms with E-state index >= 15 is 0 Å². The first-order chi connectivity index (χ1) is 11.4. The highest BCUT2D eigenvalue weighted by Gasteiger charge is 2.27. The predicted molar refractivity (Wildman–Crippen MR) is 94.7 cm³/mol. The fourth-order valence-corrected chi connectivity index (χ4v) is 3.10. The van der Waals surface area contributed by atoms with Gasteiger partial charge in [-0.05, 0) is 33.4 Å². The highest BCUT2D eigenvalue weighted by atomic mass is 35.5. The van der Waals surface area contributed by atoms with Gasteiger partial charge in [-0.1, -0.05) is 0 Å². The van der Waals surface area contributed by atoms with Crippen LogP contribution in [-0.4, -0.2) is 56.5 Å². The first-order valence-electron chi connectivity index (χ1n) is 7.81. The second-order valence-electron chi connectivity index (χ2n) is 6.22. The third-order valence-corrected chi connectivity index (χ3v) is 4.32. The Morgan fingerprint density at radius 1 is 1.40 bits per heavy atom. The fraction of sp³-hybridized carbons (Fsp3) is 0.438. The largest absolute Gasteiger partial charge is 0.506 e. The number of carboxylic acid groups (broad SMARTS) is 1. The van der Waals surface area contributed by atoms with Crippen molar-refractivity contribution in [3.63, 3.8) is 0 Å². The van der Waals surface area contributed by atoms with Gasteiger partial charge in [-0.15, -0.1) is 12.4 Å². The van der Waals surface area contributed by atoms with E-state index in [9.17, 15) is 14.7 Å². The van der Waals surface area contributed by atoms with Crippen LogP contribution in [0, 0.1) is 0 Å². The maximum atomic E-state index is 12.1. The Kier molecular flexibility index (Phi) is 5.54. The first kappa shape index (κ1) is 19.0. The summed E-state index contributed by atoms with van der Waals surface area (Å²) in [5.74, 6) is -1.86. The van der Waals surface area contributed by atoms with Gasteiger partial charge in [-0.25, -0.2) is 4.79 Å². The second kappa shape index (κ2) is 7.28. The van der Waals surface area contributed by atoms with Crippen molar-refractivity contribution < 1.29 is 15.0 Å². The lowest BCUT2D eigenvalue weighted by Crippen LogP contribution is -2.20. The number of H-pyrrole nitrogens is 1. The van der Waals surface area contributed by atoms with Gasteiger partial charge in [-0.3, -0.25) is 9.48 Å². The fourth-order valence-electron chi connectivity index (χ4n) is 3.10. The van der Waals surface area contributed by atoms with E-state index in [1.807, 2.05) is 18.8 Å². The number of fused-ring (bicyclic) bond motifs is 3. The number of nitrogens with zero attached hydrogens (tertiary/aromatic N) is 3. The summed E-state index contributed by atoms with van der Waals surface area (Å²) in [6.45, 7) is 1.56. The molecule has 0 bridgehead atoms. The average Bonchev–Trinajstić information content (AvgIpc) is 2.80. The molecule has 2 aromatic rings. The summed E-state index contributed by atoms with van der Waals surface area (Å²) in [7, 11) is 3.97. The lowest BCUT2D eigenvalue weighted by atomic mass is 10.0. The monoisotopic (exact) mass is 368 g/mol. The SMILES string of the molecule is CN(C)CCn1ncc2c1CCCc1c-2[nH]c(=O)c(C(=O)O)c1O.Cl. The summed E-state index contributed by atoms with van der Waals surface area (Å²) >= 11 is 0. The Bertz CT molecular complexity index is 857. The van der Waals surface area contributed by atoms with Crippen LogP contribution in [0.4, 0.5) is 0 Å². The molecule has 1 aliphatic rings. The number of carboxylic acids is 1. The molecule has 1 aliphatic carbocycles. The highest BCUT2D eigenvalue weighted by molar-refractivity contribution is 5.92. The normalized spacial score (nSPS) is 12.9. The second-order valence-corrected chi connectivity index (χ2v) is 6.22. The van der Waals surface area contributed by atoms with E-state index < -0.39 is 22.8 Å². The van der Waals surface area contributed by atoms with Crippen molar-refractivity contribution >= 4 is 18.4 Å².